The van der Waals surface area contributed by atoms with Crippen LogP contribution in [-0.4, -0.2) is 34.1 Å². The number of nitrogens with zero attached hydrogens (tertiary/aromatic N) is 4. The molecule has 0 amide bonds. The summed E-state index contributed by atoms with van der Waals surface area (Å²) in [4.78, 5) is 15.1. The summed E-state index contributed by atoms with van der Waals surface area (Å²) in [6, 6.07) is 0.329. The van der Waals surface area contributed by atoms with Crippen LogP contribution in [0.2, 0.25) is 5.28 Å². The molecule has 1 unspecified atom stereocenters. The van der Waals surface area contributed by atoms with E-state index in [1.54, 1.807) is 0 Å². The zero-order valence-electron chi connectivity index (χ0n) is 12.6. The van der Waals surface area contributed by atoms with E-state index in [-0.39, 0.29) is 5.28 Å². The first kappa shape index (κ1) is 15.3. The molecule has 1 N–H and O–H groups in total. The smallest absolute Gasteiger partial charge is 0.231 e. The van der Waals surface area contributed by atoms with Crippen molar-refractivity contribution in [3.05, 3.63) is 5.28 Å². The van der Waals surface area contributed by atoms with Gasteiger partial charge in [-0.15, -0.1) is 0 Å². The van der Waals surface area contributed by atoms with Crippen molar-refractivity contribution in [3.8, 4) is 0 Å². The Morgan fingerprint density at radius 1 is 1.15 bits per heavy atom. The monoisotopic (exact) mass is 297 g/mol. The first-order valence-electron chi connectivity index (χ1n) is 7.57. The zero-order chi connectivity index (χ0) is 14.5. The van der Waals surface area contributed by atoms with Crippen molar-refractivity contribution in [1.82, 2.24) is 15.0 Å². The molecule has 0 radical (unpaired) electrons. The summed E-state index contributed by atoms with van der Waals surface area (Å²) in [6.07, 6.45) is 4.66. The second-order valence-corrected chi connectivity index (χ2v) is 5.77. The standard InChI is InChI=1S/C14H24ClN5/c1-4-11(5-2)10(3)16-13-17-12(15)18-14(19-13)20-8-6-7-9-20/h10-11H,4-9H2,1-3H3,(H,16,17,18,19). The van der Waals surface area contributed by atoms with Gasteiger partial charge < -0.3 is 10.2 Å². The number of halogens is 1. The third kappa shape index (κ3) is 3.72. The summed E-state index contributed by atoms with van der Waals surface area (Å²) in [7, 11) is 0. The topological polar surface area (TPSA) is 53.9 Å². The fraction of sp³-hybridized carbons (Fsp3) is 0.786. The fourth-order valence-electron chi connectivity index (χ4n) is 2.78. The molecule has 112 valence electrons. The van der Waals surface area contributed by atoms with Crippen LogP contribution in [0.1, 0.15) is 46.5 Å². The lowest BCUT2D eigenvalue weighted by Crippen LogP contribution is -2.27. The number of rotatable bonds is 6. The van der Waals surface area contributed by atoms with Gasteiger partial charge in [-0.2, -0.15) is 15.0 Å². The van der Waals surface area contributed by atoms with Crippen molar-refractivity contribution in [2.75, 3.05) is 23.3 Å². The van der Waals surface area contributed by atoms with Gasteiger partial charge in [-0.1, -0.05) is 26.7 Å². The van der Waals surface area contributed by atoms with Crippen molar-refractivity contribution in [2.24, 2.45) is 5.92 Å². The molecule has 1 aromatic rings. The molecule has 1 atom stereocenters. The van der Waals surface area contributed by atoms with Crippen LogP contribution in [0.25, 0.3) is 0 Å². The quantitative estimate of drug-likeness (QED) is 0.872. The third-order valence-corrected chi connectivity index (χ3v) is 4.27. The van der Waals surface area contributed by atoms with Crippen LogP contribution in [-0.2, 0) is 0 Å². The molecule has 0 aliphatic carbocycles. The van der Waals surface area contributed by atoms with Gasteiger partial charge in [0.1, 0.15) is 0 Å². The lowest BCUT2D eigenvalue weighted by molar-refractivity contribution is 0.436. The van der Waals surface area contributed by atoms with Crippen LogP contribution >= 0.6 is 11.6 Å². The van der Waals surface area contributed by atoms with Gasteiger partial charge in [0.25, 0.3) is 0 Å². The van der Waals surface area contributed by atoms with Gasteiger partial charge in [0.05, 0.1) is 0 Å². The second kappa shape index (κ2) is 7.07. The molecule has 2 heterocycles. The maximum atomic E-state index is 6.03. The third-order valence-electron chi connectivity index (χ3n) is 4.10. The predicted molar refractivity (Wildman–Crippen MR) is 83.4 cm³/mol. The van der Waals surface area contributed by atoms with E-state index in [1.165, 1.54) is 12.8 Å². The maximum absolute atomic E-state index is 6.03. The highest BCUT2D eigenvalue weighted by Crippen LogP contribution is 2.21. The average Bonchev–Trinajstić information content (AvgIpc) is 2.93. The van der Waals surface area contributed by atoms with Crippen molar-refractivity contribution in [2.45, 2.75) is 52.5 Å². The van der Waals surface area contributed by atoms with Crippen LogP contribution in [0.15, 0.2) is 0 Å². The number of hydrogen-bond donors (Lipinski definition) is 1. The van der Waals surface area contributed by atoms with Gasteiger partial charge >= 0.3 is 0 Å². The van der Waals surface area contributed by atoms with E-state index >= 15 is 0 Å². The molecule has 5 nitrogen and oxygen atoms in total. The van der Waals surface area contributed by atoms with Crippen LogP contribution in [0.3, 0.4) is 0 Å². The lowest BCUT2D eigenvalue weighted by Gasteiger charge is -2.23. The summed E-state index contributed by atoms with van der Waals surface area (Å²) in [5.74, 6) is 1.90. The summed E-state index contributed by atoms with van der Waals surface area (Å²) >= 11 is 6.03. The first-order chi connectivity index (χ1) is 9.63. The zero-order valence-corrected chi connectivity index (χ0v) is 13.3. The largest absolute Gasteiger partial charge is 0.351 e. The Morgan fingerprint density at radius 3 is 2.40 bits per heavy atom. The Balaban J connectivity index is 2.11. The van der Waals surface area contributed by atoms with Crippen LogP contribution in [0.5, 0.6) is 0 Å². The summed E-state index contributed by atoms with van der Waals surface area (Å²) in [6.45, 7) is 8.60. The van der Waals surface area contributed by atoms with E-state index in [4.69, 9.17) is 11.6 Å². The van der Waals surface area contributed by atoms with Crippen molar-refractivity contribution < 1.29 is 0 Å². The van der Waals surface area contributed by atoms with Gasteiger partial charge in [-0.25, -0.2) is 0 Å². The minimum Gasteiger partial charge on any atom is -0.351 e. The highest BCUT2D eigenvalue weighted by molar-refractivity contribution is 6.28. The molecule has 1 aliphatic heterocycles. The Labute approximate surface area is 126 Å². The van der Waals surface area contributed by atoms with E-state index in [2.05, 4.69) is 45.9 Å². The molecule has 1 fully saturated rings. The van der Waals surface area contributed by atoms with Crippen molar-refractivity contribution in [3.63, 3.8) is 0 Å². The summed E-state index contributed by atoms with van der Waals surface area (Å²) < 4.78 is 0. The van der Waals surface area contributed by atoms with Crippen LogP contribution in [0, 0.1) is 5.92 Å². The Hall–Kier alpha value is -1.10. The van der Waals surface area contributed by atoms with Crippen LogP contribution < -0.4 is 10.2 Å². The van der Waals surface area contributed by atoms with E-state index in [1.807, 2.05) is 0 Å². The Kier molecular flexibility index (Phi) is 5.40. The summed E-state index contributed by atoms with van der Waals surface area (Å²) in [5.41, 5.74) is 0. The first-order valence-corrected chi connectivity index (χ1v) is 7.94. The van der Waals surface area contributed by atoms with Crippen LogP contribution in [0.4, 0.5) is 11.9 Å². The molecular formula is C14H24ClN5. The van der Waals surface area contributed by atoms with Gasteiger partial charge in [-0.05, 0) is 37.3 Å². The van der Waals surface area contributed by atoms with Gasteiger partial charge in [0, 0.05) is 19.1 Å². The highest BCUT2D eigenvalue weighted by atomic mass is 35.5. The molecule has 1 aromatic heterocycles. The molecule has 1 saturated heterocycles. The lowest BCUT2D eigenvalue weighted by atomic mass is 9.96. The van der Waals surface area contributed by atoms with Crippen molar-refractivity contribution in [1.29, 1.82) is 0 Å². The minimum absolute atomic E-state index is 0.265. The fourth-order valence-corrected chi connectivity index (χ4v) is 2.94. The number of nitrogens with one attached hydrogen (secondary N) is 1. The van der Waals surface area contributed by atoms with E-state index < -0.39 is 0 Å². The molecule has 0 aromatic carbocycles. The minimum atomic E-state index is 0.265. The van der Waals surface area contributed by atoms with Gasteiger partial charge in [0.15, 0.2) is 0 Å². The molecule has 1 aliphatic rings. The van der Waals surface area contributed by atoms with E-state index in [0.717, 1.165) is 25.9 Å². The number of hydrogen-bond acceptors (Lipinski definition) is 5. The van der Waals surface area contributed by atoms with Crippen molar-refractivity contribution >= 4 is 23.5 Å². The Morgan fingerprint density at radius 2 is 1.80 bits per heavy atom. The number of aromatic nitrogens is 3. The van der Waals surface area contributed by atoms with E-state index in [0.29, 0.717) is 23.9 Å². The second-order valence-electron chi connectivity index (χ2n) is 5.43. The predicted octanol–water partition coefficient (Wildman–Crippen LogP) is 3.36. The van der Waals surface area contributed by atoms with E-state index in [9.17, 15) is 0 Å². The van der Waals surface area contributed by atoms with Gasteiger partial charge in [0.2, 0.25) is 17.2 Å². The number of anilines is 2. The maximum Gasteiger partial charge on any atom is 0.231 e. The SMILES string of the molecule is CCC(CC)C(C)Nc1nc(Cl)nc(N2CCCC2)n1. The molecule has 20 heavy (non-hydrogen) atoms. The summed E-state index contributed by atoms with van der Waals surface area (Å²) in [5, 5.41) is 3.64. The molecule has 6 heteroatoms. The Bertz CT molecular complexity index is 430. The molecule has 0 bridgehead atoms. The average molecular weight is 298 g/mol. The van der Waals surface area contributed by atoms with Gasteiger partial charge in [-0.3, -0.25) is 0 Å². The molecule has 2 rings (SSSR count). The molecular weight excluding hydrogens is 274 g/mol. The molecule has 0 saturated carbocycles. The molecule has 0 spiro atoms. The highest BCUT2D eigenvalue weighted by Gasteiger charge is 2.19. The normalized spacial score (nSPS) is 16.8.